The Morgan fingerprint density at radius 1 is 1.00 bits per heavy atom. The van der Waals surface area contributed by atoms with Gasteiger partial charge in [-0.05, 0) is 30.3 Å². The number of ether oxygens (including phenoxy) is 1. The second-order valence-electron chi connectivity index (χ2n) is 7.19. The van der Waals surface area contributed by atoms with Crippen LogP contribution in [-0.2, 0) is 9.53 Å². The molecule has 2 heterocycles. The van der Waals surface area contributed by atoms with Crippen LogP contribution < -0.4 is 5.43 Å². The lowest BCUT2D eigenvalue weighted by Gasteiger charge is -2.18. The Labute approximate surface area is 185 Å². The second-order valence-corrected chi connectivity index (χ2v) is 7.19. The monoisotopic (exact) mass is 454 g/mol. The molecule has 2 aromatic heterocycles. The first kappa shape index (κ1) is 21.6. The summed E-state index contributed by atoms with van der Waals surface area (Å²) in [4.78, 5) is 25.1. The Morgan fingerprint density at radius 2 is 1.76 bits per heavy atom. The zero-order valence-electron chi connectivity index (χ0n) is 17.1. The number of phenolic OH excluding ortho intramolecular Hbond substituents is 4. The van der Waals surface area contributed by atoms with E-state index in [1.807, 2.05) is 0 Å². The van der Waals surface area contributed by atoms with E-state index in [-0.39, 0.29) is 28.9 Å². The quantitative estimate of drug-likeness (QED) is 0.223. The number of aromatic hydroxyl groups is 5. The third-order valence-corrected chi connectivity index (χ3v) is 5.21. The minimum Gasteiger partial charge on any atom is -0.507 e. The number of hydrogen-bond donors (Lipinski definition) is 5. The van der Waals surface area contributed by atoms with Crippen molar-refractivity contribution in [1.82, 2.24) is 0 Å². The summed E-state index contributed by atoms with van der Waals surface area (Å²) in [6.07, 6.45) is 1.04. The number of esters is 1. The lowest BCUT2D eigenvalue weighted by Crippen LogP contribution is -2.12. The predicted molar refractivity (Wildman–Crippen MR) is 113 cm³/mol. The van der Waals surface area contributed by atoms with Gasteiger partial charge in [0.2, 0.25) is 11.2 Å². The van der Waals surface area contributed by atoms with Crippen LogP contribution in [0.15, 0.2) is 56.3 Å². The fraction of sp³-hybridized carbons (Fsp3) is 0.130. The van der Waals surface area contributed by atoms with Crippen molar-refractivity contribution < 1.29 is 43.9 Å². The molecule has 10 nitrogen and oxygen atoms in total. The van der Waals surface area contributed by atoms with E-state index in [0.717, 1.165) is 18.2 Å². The highest BCUT2D eigenvalue weighted by molar-refractivity contribution is 5.92. The summed E-state index contributed by atoms with van der Waals surface area (Å²) in [5.74, 6) is -4.80. The molecule has 0 bridgehead atoms. The van der Waals surface area contributed by atoms with Crippen molar-refractivity contribution in [1.29, 1.82) is 0 Å². The van der Waals surface area contributed by atoms with Crippen LogP contribution in [0.5, 0.6) is 28.7 Å². The summed E-state index contributed by atoms with van der Waals surface area (Å²) in [7, 11) is 1.18. The lowest BCUT2D eigenvalue weighted by molar-refractivity contribution is -0.140. The normalized spacial score (nSPS) is 12.0. The van der Waals surface area contributed by atoms with E-state index in [4.69, 9.17) is 13.6 Å². The van der Waals surface area contributed by atoms with Gasteiger partial charge in [0.15, 0.2) is 17.3 Å². The molecule has 2 aromatic carbocycles. The molecule has 10 heteroatoms. The third kappa shape index (κ3) is 3.67. The van der Waals surface area contributed by atoms with Gasteiger partial charge in [0.1, 0.15) is 28.2 Å². The molecular weight excluding hydrogens is 436 g/mol. The zero-order valence-corrected chi connectivity index (χ0v) is 17.1. The number of rotatable bonds is 5. The number of benzene rings is 2. The molecular formula is C23H18O10. The van der Waals surface area contributed by atoms with Gasteiger partial charge in [-0.1, -0.05) is 0 Å². The van der Waals surface area contributed by atoms with Crippen LogP contribution in [0, 0.1) is 0 Å². The Bertz CT molecular complexity index is 1420. The summed E-state index contributed by atoms with van der Waals surface area (Å²) in [6, 6.07) is 7.46. The van der Waals surface area contributed by atoms with Crippen LogP contribution in [0.2, 0.25) is 0 Å². The fourth-order valence-corrected chi connectivity index (χ4v) is 3.63. The van der Waals surface area contributed by atoms with Gasteiger partial charge in [-0.2, -0.15) is 0 Å². The molecule has 0 fully saturated rings. The Kier molecular flexibility index (Phi) is 5.34. The molecule has 4 rings (SSSR count). The first-order valence-corrected chi connectivity index (χ1v) is 9.60. The van der Waals surface area contributed by atoms with Crippen molar-refractivity contribution in [3.8, 4) is 40.1 Å². The maximum atomic E-state index is 13.0. The van der Waals surface area contributed by atoms with E-state index in [1.165, 1.54) is 19.4 Å². The molecule has 0 saturated carbocycles. The van der Waals surface area contributed by atoms with E-state index in [9.17, 15) is 35.1 Å². The lowest BCUT2D eigenvalue weighted by atomic mass is 9.90. The molecule has 0 unspecified atom stereocenters. The largest absolute Gasteiger partial charge is 0.507 e. The van der Waals surface area contributed by atoms with Crippen molar-refractivity contribution in [2.75, 3.05) is 7.11 Å². The zero-order chi connectivity index (χ0) is 23.9. The van der Waals surface area contributed by atoms with Crippen molar-refractivity contribution in [2.45, 2.75) is 12.3 Å². The summed E-state index contributed by atoms with van der Waals surface area (Å²) in [6.45, 7) is 0. The van der Waals surface area contributed by atoms with Gasteiger partial charge in [0.05, 0.1) is 25.7 Å². The molecule has 170 valence electrons. The maximum absolute atomic E-state index is 13.0. The highest BCUT2D eigenvalue weighted by atomic mass is 16.5. The van der Waals surface area contributed by atoms with Gasteiger partial charge in [0, 0.05) is 17.2 Å². The molecule has 0 amide bonds. The second kappa shape index (κ2) is 8.15. The van der Waals surface area contributed by atoms with E-state index < -0.39 is 57.2 Å². The number of furan rings is 1. The molecule has 0 aliphatic rings. The van der Waals surface area contributed by atoms with Gasteiger partial charge >= 0.3 is 5.97 Å². The maximum Gasteiger partial charge on any atom is 0.306 e. The molecule has 0 aliphatic carbocycles. The Hall–Kier alpha value is -4.60. The standard InChI is InChI=1S/C23H18O10/c1-31-17(28)8-11(16-3-2-6-32-16)18-14(26)9-15(27)19-20(29)21(30)22(33-23(18)19)10-4-5-12(24)13(25)7-10/h2-7,9,11,24-27,30H,8H2,1H3/t11-/m1/s1. The van der Waals surface area contributed by atoms with Crippen LogP contribution in [0.3, 0.4) is 0 Å². The SMILES string of the molecule is COC(=O)C[C@H](c1ccco1)c1c(O)cc(O)c2c(=O)c(O)c(-c3ccc(O)c(O)c3)oc12. The van der Waals surface area contributed by atoms with Gasteiger partial charge in [-0.3, -0.25) is 9.59 Å². The number of phenols is 4. The van der Waals surface area contributed by atoms with Crippen LogP contribution >= 0.6 is 0 Å². The molecule has 0 radical (unpaired) electrons. The van der Waals surface area contributed by atoms with Crippen LogP contribution in [0.25, 0.3) is 22.3 Å². The van der Waals surface area contributed by atoms with Crippen LogP contribution in [-0.4, -0.2) is 38.6 Å². The fourth-order valence-electron chi connectivity index (χ4n) is 3.63. The predicted octanol–water partition coefficient (Wildman–Crippen LogP) is 3.28. The first-order valence-electron chi connectivity index (χ1n) is 9.60. The van der Waals surface area contributed by atoms with E-state index >= 15 is 0 Å². The molecule has 5 N–H and O–H groups in total. The van der Waals surface area contributed by atoms with Gasteiger partial charge in [-0.25, -0.2) is 0 Å². The Morgan fingerprint density at radius 3 is 2.39 bits per heavy atom. The molecule has 1 atom stereocenters. The van der Waals surface area contributed by atoms with Crippen molar-refractivity contribution in [2.24, 2.45) is 0 Å². The molecule has 0 saturated heterocycles. The minimum atomic E-state index is -1.02. The van der Waals surface area contributed by atoms with Gasteiger partial charge < -0.3 is 39.1 Å². The minimum absolute atomic E-state index is 0.0260. The van der Waals surface area contributed by atoms with E-state index in [1.54, 1.807) is 12.1 Å². The number of fused-ring (bicyclic) bond motifs is 1. The molecule has 0 aliphatic heterocycles. The van der Waals surface area contributed by atoms with E-state index in [0.29, 0.717) is 0 Å². The van der Waals surface area contributed by atoms with Crippen molar-refractivity contribution in [3.05, 3.63) is 64.2 Å². The highest BCUT2D eigenvalue weighted by Gasteiger charge is 2.31. The molecule has 4 aromatic rings. The highest BCUT2D eigenvalue weighted by Crippen LogP contribution is 2.45. The number of carbonyl (C=O) groups excluding carboxylic acids is 1. The number of methoxy groups -OCH3 is 1. The summed E-state index contributed by atoms with van der Waals surface area (Å²) in [5, 5.41) is 50.5. The van der Waals surface area contributed by atoms with Crippen molar-refractivity contribution in [3.63, 3.8) is 0 Å². The Balaban J connectivity index is 2.08. The number of carbonyl (C=O) groups is 1. The van der Waals surface area contributed by atoms with E-state index in [2.05, 4.69) is 0 Å². The smallest absolute Gasteiger partial charge is 0.306 e. The molecule has 0 spiro atoms. The average molecular weight is 454 g/mol. The van der Waals surface area contributed by atoms with Crippen LogP contribution in [0.1, 0.15) is 23.7 Å². The number of hydrogen-bond acceptors (Lipinski definition) is 10. The topological polar surface area (TPSA) is 171 Å². The summed E-state index contributed by atoms with van der Waals surface area (Å²) >= 11 is 0. The van der Waals surface area contributed by atoms with Crippen molar-refractivity contribution >= 4 is 16.9 Å². The molecule has 33 heavy (non-hydrogen) atoms. The van der Waals surface area contributed by atoms with Gasteiger partial charge in [0.25, 0.3) is 0 Å². The first-order chi connectivity index (χ1) is 15.7. The van der Waals surface area contributed by atoms with Gasteiger partial charge in [-0.15, -0.1) is 0 Å². The summed E-state index contributed by atoms with van der Waals surface area (Å²) in [5.41, 5.74) is -1.38. The third-order valence-electron chi connectivity index (χ3n) is 5.21. The summed E-state index contributed by atoms with van der Waals surface area (Å²) < 4.78 is 15.9. The van der Waals surface area contributed by atoms with Crippen LogP contribution in [0.4, 0.5) is 0 Å². The average Bonchev–Trinajstić information content (AvgIpc) is 3.31.